The van der Waals surface area contributed by atoms with Gasteiger partial charge in [-0.2, -0.15) is 5.10 Å². The SMILES string of the molecule is CN(CCCCCc1cc(-c2cccc(F)c2)n[nH]1)C(=O)Nc1cccc(-c2nnnn2C)c1. The number of H-pyrrole nitrogens is 1. The first-order valence-corrected chi connectivity index (χ1v) is 11.1. The van der Waals surface area contributed by atoms with Crippen molar-refractivity contribution in [1.29, 1.82) is 0 Å². The number of carbonyl (C=O) groups excluding carboxylic acids is 1. The number of aromatic nitrogens is 6. The van der Waals surface area contributed by atoms with Gasteiger partial charge in [-0.1, -0.05) is 30.7 Å². The second kappa shape index (κ2) is 10.7. The van der Waals surface area contributed by atoms with Crippen LogP contribution in [0.1, 0.15) is 25.0 Å². The minimum Gasteiger partial charge on any atom is -0.328 e. The molecule has 2 amide bonds. The number of nitrogens with one attached hydrogen (secondary N) is 2. The summed E-state index contributed by atoms with van der Waals surface area (Å²) < 4.78 is 15.0. The van der Waals surface area contributed by atoms with E-state index in [4.69, 9.17) is 0 Å². The summed E-state index contributed by atoms with van der Waals surface area (Å²) in [5.41, 5.74) is 4.03. The minimum absolute atomic E-state index is 0.165. The Kier molecular flexibility index (Phi) is 7.26. The minimum atomic E-state index is -0.273. The van der Waals surface area contributed by atoms with Crippen molar-refractivity contribution < 1.29 is 9.18 Å². The number of halogens is 1. The summed E-state index contributed by atoms with van der Waals surface area (Å²) >= 11 is 0. The van der Waals surface area contributed by atoms with Gasteiger partial charge in [0.25, 0.3) is 0 Å². The molecule has 0 unspecified atom stereocenters. The van der Waals surface area contributed by atoms with Crippen LogP contribution in [0, 0.1) is 5.82 Å². The van der Waals surface area contributed by atoms with Crippen molar-refractivity contribution in [3.05, 3.63) is 66.1 Å². The number of hydrogen-bond acceptors (Lipinski definition) is 5. The fourth-order valence-electron chi connectivity index (χ4n) is 3.66. The molecule has 0 aliphatic carbocycles. The highest BCUT2D eigenvalue weighted by atomic mass is 19.1. The van der Waals surface area contributed by atoms with E-state index in [1.807, 2.05) is 36.4 Å². The normalized spacial score (nSPS) is 10.9. The Morgan fingerprint density at radius 2 is 1.91 bits per heavy atom. The van der Waals surface area contributed by atoms with E-state index in [1.54, 1.807) is 29.7 Å². The Morgan fingerprint density at radius 3 is 2.71 bits per heavy atom. The topological polar surface area (TPSA) is 105 Å². The summed E-state index contributed by atoms with van der Waals surface area (Å²) in [4.78, 5) is 14.2. The zero-order valence-corrected chi connectivity index (χ0v) is 19.2. The first-order valence-electron chi connectivity index (χ1n) is 11.1. The largest absolute Gasteiger partial charge is 0.328 e. The van der Waals surface area contributed by atoms with Gasteiger partial charge in [0.05, 0.1) is 5.69 Å². The van der Waals surface area contributed by atoms with Crippen LogP contribution in [0.3, 0.4) is 0 Å². The van der Waals surface area contributed by atoms with Gasteiger partial charge in [-0.15, -0.1) is 5.10 Å². The zero-order chi connectivity index (χ0) is 23.9. The molecule has 2 N–H and O–H groups in total. The van der Waals surface area contributed by atoms with Gasteiger partial charge < -0.3 is 10.2 Å². The fraction of sp³-hybridized carbons (Fsp3) is 0.292. The van der Waals surface area contributed by atoms with Crippen molar-refractivity contribution in [2.45, 2.75) is 25.7 Å². The number of aryl methyl sites for hydroxylation is 2. The van der Waals surface area contributed by atoms with Gasteiger partial charge >= 0.3 is 6.03 Å². The number of aromatic amines is 1. The Bertz CT molecular complexity index is 1250. The summed E-state index contributed by atoms with van der Waals surface area (Å²) in [6, 6.07) is 15.6. The molecule has 10 heteroatoms. The molecular formula is C24H27FN8O. The number of nitrogens with zero attached hydrogens (tertiary/aromatic N) is 6. The Balaban J connectivity index is 1.19. The summed E-state index contributed by atoms with van der Waals surface area (Å²) in [7, 11) is 3.55. The molecule has 4 rings (SSSR count). The quantitative estimate of drug-likeness (QED) is 0.361. The van der Waals surface area contributed by atoms with Gasteiger partial charge in [-0.05, 0) is 60.0 Å². The highest BCUT2D eigenvalue weighted by Crippen LogP contribution is 2.21. The number of rotatable bonds is 9. The Morgan fingerprint density at radius 1 is 1.09 bits per heavy atom. The van der Waals surface area contributed by atoms with E-state index in [9.17, 15) is 9.18 Å². The summed E-state index contributed by atoms with van der Waals surface area (Å²) in [5, 5.41) is 21.7. The van der Waals surface area contributed by atoms with Crippen LogP contribution >= 0.6 is 0 Å². The lowest BCUT2D eigenvalue weighted by Gasteiger charge is -2.18. The van der Waals surface area contributed by atoms with Crippen LogP contribution in [0.5, 0.6) is 0 Å². The summed E-state index contributed by atoms with van der Waals surface area (Å²) in [5.74, 6) is 0.357. The smallest absolute Gasteiger partial charge is 0.321 e. The van der Waals surface area contributed by atoms with Crippen LogP contribution in [0.15, 0.2) is 54.6 Å². The number of urea groups is 1. The molecule has 0 fully saturated rings. The molecule has 0 saturated heterocycles. The van der Waals surface area contributed by atoms with Gasteiger partial charge in [0.2, 0.25) is 0 Å². The van der Waals surface area contributed by atoms with E-state index in [2.05, 4.69) is 31.0 Å². The van der Waals surface area contributed by atoms with Crippen LogP contribution in [0.4, 0.5) is 14.9 Å². The van der Waals surface area contributed by atoms with E-state index >= 15 is 0 Å². The maximum atomic E-state index is 13.4. The van der Waals surface area contributed by atoms with E-state index in [0.717, 1.165) is 48.2 Å². The molecule has 0 radical (unpaired) electrons. The van der Waals surface area contributed by atoms with Crippen molar-refractivity contribution in [2.24, 2.45) is 7.05 Å². The van der Waals surface area contributed by atoms with Crippen LogP contribution in [-0.4, -0.2) is 54.9 Å². The standard InChI is InChI=1S/C24H27FN8O/c1-32(24(34)26-20-12-7-9-18(15-20)23-29-30-31-33(23)2)13-5-3-4-11-21-16-22(28-27-21)17-8-6-10-19(25)14-17/h6-10,12,14-16H,3-5,11,13H2,1-2H3,(H,26,34)(H,27,28). The molecule has 0 atom stereocenters. The van der Waals surface area contributed by atoms with Gasteiger partial charge in [-0.25, -0.2) is 13.9 Å². The molecule has 176 valence electrons. The van der Waals surface area contributed by atoms with E-state index in [0.29, 0.717) is 18.1 Å². The molecule has 0 aliphatic rings. The molecule has 0 spiro atoms. The Labute approximate surface area is 197 Å². The van der Waals surface area contributed by atoms with Crippen LogP contribution in [-0.2, 0) is 13.5 Å². The molecule has 0 aliphatic heterocycles. The molecule has 2 aromatic carbocycles. The molecule has 2 aromatic heterocycles. The number of carbonyl (C=O) groups is 1. The van der Waals surface area contributed by atoms with Crippen molar-refractivity contribution >= 4 is 11.7 Å². The lowest BCUT2D eigenvalue weighted by Crippen LogP contribution is -2.32. The molecule has 34 heavy (non-hydrogen) atoms. The maximum Gasteiger partial charge on any atom is 0.321 e. The lowest BCUT2D eigenvalue weighted by atomic mass is 10.1. The maximum absolute atomic E-state index is 13.4. The number of amides is 2. The van der Waals surface area contributed by atoms with E-state index < -0.39 is 0 Å². The van der Waals surface area contributed by atoms with Crippen LogP contribution in [0.25, 0.3) is 22.6 Å². The van der Waals surface area contributed by atoms with Crippen LogP contribution in [0.2, 0.25) is 0 Å². The summed E-state index contributed by atoms with van der Waals surface area (Å²) in [6.07, 6.45) is 3.68. The predicted octanol–water partition coefficient (Wildman–Crippen LogP) is 4.28. The second-order valence-electron chi connectivity index (χ2n) is 8.16. The average molecular weight is 463 g/mol. The average Bonchev–Trinajstić information content (AvgIpc) is 3.48. The molecule has 0 saturated carbocycles. The first-order chi connectivity index (χ1) is 16.5. The number of benzene rings is 2. The van der Waals surface area contributed by atoms with Crippen LogP contribution < -0.4 is 5.32 Å². The molecule has 9 nitrogen and oxygen atoms in total. The third kappa shape index (κ3) is 5.83. The van der Waals surface area contributed by atoms with Gasteiger partial charge in [0.15, 0.2) is 5.82 Å². The summed E-state index contributed by atoms with van der Waals surface area (Å²) in [6.45, 7) is 0.649. The molecular weight excluding hydrogens is 435 g/mol. The number of hydrogen-bond donors (Lipinski definition) is 2. The fourth-order valence-corrected chi connectivity index (χ4v) is 3.66. The second-order valence-corrected chi connectivity index (χ2v) is 8.16. The van der Waals surface area contributed by atoms with Gasteiger partial charge in [0.1, 0.15) is 5.82 Å². The number of anilines is 1. The first kappa shape index (κ1) is 23.1. The van der Waals surface area contributed by atoms with Crippen molar-refractivity contribution in [2.75, 3.05) is 18.9 Å². The molecule has 4 aromatic rings. The predicted molar refractivity (Wildman–Crippen MR) is 127 cm³/mol. The van der Waals surface area contributed by atoms with Crippen molar-refractivity contribution in [3.63, 3.8) is 0 Å². The third-order valence-electron chi connectivity index (χ3n) is 5.53. The lowest BCUT2D eigenvalue weighted by molar-refractivity contribution is 0.221. The monoisotopic (exact) mass is 462 g/mol. The highest BCUT2D eigenvalue weighted by molar-refractivity contribution is 5.89. The number of tetrazole rings is 1. The highest BCUT2D eigenvalue weighted by Gasteiger charge is 2.11. The third-order valence-corrected chi connectivity index (χ3v) is 5.53. The molecule has 2 heterocycles. The van der Waals surface area contributed by atoms with Crippen molar-refractivity contribution in [1.82, 2.24) is 35.3 Å². The van der Waals surface area contributed by atoms with E-state index in [-0.39, 0.29) is 11.8 Å². The number of unbranched alkanes of at least 4 members (excludes halogenated alkanes) is 2. The zero-order valence-electron chi connectivity index (χ0n) is 19.2. The van der Waals surface area contributed by atoms with E-state index in [1.165, 1.54) is 12.1 Å². The van der Waals surface area contributed by atoms with Crippen molar-refractivity contribution in [3.8, 4) is 22.6 Å². The van der Waals surface area contributed by atoms with Gasteiger partial charge in [0, 0.05) is 43.1 Å². The van der Waals surface area contributed by atoms with Gasteiger partial charge in [-0.3, -0.25) is 5.10 Å². The molecule has 0 bridgehead atoms. The Hall–Kier alpha value is -4.08.